The van der Waals surface area contributed by atoms with Gasteiger partial charge in [0.2, 0.25) is 5.91 Å². The highest BCUT2D eigenvalue weighted by molar-refractivity contribution is 5.95. The fourth-order valence-electron chi connectivity index (χ4n) is 4.10. The van der Waals surface area contributed by atoms with Gasteiger partial charge in [-0.15, -0.1) is 0 Å². The van der Waals surface area contributed by atoms with E-state index in [2.05, 4.69) is 45.4 Å². The number of rotatable bonds is 5. The molecule has 0 N–H and O–H groups in total. The first-order chi connectivity index (χ1) is 13.1. The van der Waals surface area contributed by atoms with Crippen LogP contribution in [-0.2, 0) is 11.3 Å². The Bertz CT molecular complexity index is 797. The van der Waals surface area contributed by atoms with E-state index in [1.54, 1.807) is 0 Å². The highest BCUT2D eigenvalue weighted by Gasteiger charge is 2.25. The molecule has 0 atom stereocenters. The molecule has 2 aliphatic rings. The molecule has 144 valence electrons. The van der Waals surface area contributed by atoms with Crippen molar-refractivity contribution < 1.29 is 9.42 Å². The Kier molecular flexibility index (Phi) is 5.11. The van der Waals surface area contributed by atoms with E-state index in [0.29, 0.717) is 12.5 Å². The van der Waals surface area contributed by atoms with Gasteiger partial charge >= 0.3 is 0 Å². The number of aryl methyl sites for hydroxylation is 1. The van der Waals surface area contributed by atoms with Crippen LogP contribution in [0.1, 0.15) is 37.1 Å². The molecule has 1 aromatic heterocycles. The predicted octanol–water partition coefficient (Wildman–Crippen LogP) is 2.61. The number of benzene rings is 1. The maximum atomic E-state index is 12.0. The van der Waals surface area contributed by atoms with Crippen LogP contribution in [0.5, 0.6) is 0 Å². The smallest absolute Gasteiger partial charge is 0.227 e. The number of piperidine rings is 1. The van der Waals surface area contributed by atoms with Crippen LogP contribution in [-0.4, -0.2) is 53.8 Å². The summed E-state index contributed by atoms with van der Waals surface area (Å²) in [5.41, 5.74) is 4.03. The largest absolute Gasteiger partial charge is 0.371 e. The van der Waals surface area contributed by atoms with Gasteiger partial charge in [0.15, 0.2) is 0 Å². The van der Waals surface area contributed by atoms with Gasteiger partial charge in [0.1, 0.15) is 11.4 Å². The summed E-state index contributed by atoms with van der Waals surface area (Å²) in [6.07, 6.45) is 3.84. The van der Waals surface area contributed by atoms with Gasteiger partial charge in [0, 0.05) is 50.0 Å². The first-order valence-corrected chi connectivity index (χ1v) is 9.75. The molecule has 2 aromatic rings. The zero-order valence-electron chi connectivity index (χ0n) is 16.1. The maximum Gasteiger partial charge on any atom is 0.227 e. The third-order valence-corrected chi connectivity index (χ3v) is 5.81. The van der Waals surface area contributed by atoms with Crippen molar-refractivity contribution in [3.05, 3.63) is 35.7 Å². The number of hydrogen-bond donors (Lipinski definition) is 0. The number of amides is 1. The standard InChI is InChI=1S/C20H27N5O2/c1-15-19(22-27-21-15)14-23(2)16-8-11-24(12-9-16)17-5-3-6-18(13-17)25-10-4-7-20(25)26/h3,5-6,13,16H,4,7-12,14H2,1-2H3. The number of nitrogens with zero attached hydrogens (tertiary/aromatic N) is 5. The second-order valence-corrected chi connectivity index (χ2v) is 7.60. The van der Waals surface area contributed by atoms with Crippen molar-refractivity contribution in [3.8, 4) is 0 Å². The molecule has 0 spiro atoms. The van der Waals surface area contributed by atoms with Crippen LogP contribution in [0.2, 0.25) is 0 Å². The van der Waals surface area contributed by atoms with Gasteiger partial charge in [0.25, 0.3) is 0 Å². The topological polar surface area (TPSA) is 65.7 Å². The lowest BCUT2D eigenvalue weighted by Crippen LogP contribution is -2.43. The Balaban J connectivity index is 1.36. The van der Waals surface area contributed by atoms with E-state index in [1.165, 1.54) is 5.69 Å². The molecule has 0 aliphatic carbocycles. The third kappa shape index (κ3) is 3.83. The molecule has 0 bridgehead atoms. The zero-order chi connectivity index (χ0) is 18.8. The van der Waals surface area contributed by atoms with Crippen molar-refractivity contribution in [2.75, 3.05) is 36.5 Å². The lowest BCUT2D eigenvalue weighted by atomic mass is 10.0. The minimum atomic E-state index is 0.241. The van der Waals surface area contributed by atoms with Crippen molar-refractivity contribution in [1.29, 1.82) is 0 Å². The molecule has 2 saturated heterocycles. The lowest BCUT2D eigenvalue weighted by Gasteiger charge is -2.38. The Labute approximate surface area is 159 Å². The van der Waals surface area contributed by atoms with Gasteiger partial charge in [-0.1, -0.05) is 16.4 Å². The first-order valence-electron chi connectivity index (χ1n) is 9.75. The minimum Gasteiger partial charge on any atom is -0.371 e. The molecule has 7 heteroatoms. The molecule has 2 fully saturated rings. The quantitative estimate of drug-likeness (QED) is 0.807. The molecule has 0 saturated carbocycles. The third-order valence-electron chi connectivity index (χ3n) is 5.81. The van der Waals surface area contributed by atoms with Crippen molar-refractivity contribution in [1.82, 2.24) is 15.2 Å². The Morgan fingerprint density at radius 1 is 1.19 bits per heavy atom. The summed E-state index contributed by atoms with van der Waals surface area (Å²) < 4.78 is 4.81. The van der Waals surface area contributed by atoms with Crippen molar-refractivity contribution >= 4 is 17.3 Å². The molecule has 2 aliphatic heterocycles. The van der Waals surface area contributed by atoms with Gasteiger partial charge < -0.3 is 9.80 Å². The maximum absolute atomic E-state index is 12.0. The van der Waals surface area contributed by atoms with Crippen LogP contribution in [0, 0.1) is 6.92 Å². The summed E-state index contributed by atoms with van der Waals surface area (Å²) in [6, 6.07) is 8.95. The molecule has 1 amide bonds. The van der Waals surface area contributed by atoms with E-state index < -0.39 is 0 Å². The van der Waals surface area contributed by atoms with Crippen LogP contribution < -0.4 is 9.80 Å². The molecule has 1 aromatic carbocycles. The van der Waals surface area contributed by atoms with Crippen LogP contribution in [0.15, 0.2) is 28.9 Å². The van der Waals surface area contributed by atoms with Crippen LogP contribution in [0.4, 0.5) is 11.4 Å². The van der Waals surface area contributed by atoms with E-state index in [9.17, 15) is 4.79 Å². The summed E-state index contributed by atoms with van der Waals surface area (Å²) >= 11 is 0. The van der Waals surface area contributed by atoms with E-state index in [4.69, 9.17) is 4.63 Å². The minimum absolute atomic E-state index is 0.241. The first kappa shape index (κ1) is 18.0. The summed E-state index contributed by atoms with van der Waals surface area (Å²) in [5.74, 6) is 0.241. The van der Waals surface area contributed by atoms with Gasteiger partial charge in [-0.2, -0.15) is 0 Å². The van der Waals surface area contributed by atoms with Crippen LogP contribution in [0.3, 0.4) is 0 Å². The number of aromatic nitrogens is 2. The van der Waals surface area contributed by atoms with Crippen LogP contribution in [0.25, 0.3) is 0 Å². The van der Waals surface area contributed by atoms with Gasteiger partial charge in [-0.05, 0) is 51.4 Å². The monoisotopic (exact) mass is 369 g/mol. The summed E-state index contributed by atoms with van der Waals surface area (Å²) in [5, 5.41) is 7.86. The van der Waals surface area contributed by atoms with Gasteiger partial charge in [0.05, 0.1) is 0 Å². The second kappa shape index (κ2) is 7.68. The SMILES string of the molecule is Cc1nonc1CN(C)C1CCN(c2cccc(N3CCCC3=O)c2)CC1. The molecule has 4 rings (SSSR count). The normalized spacial score (nSPS) is 18.7. The number of carbonyl (C=O) groups is 1. The average molecular weight is 369 g/mol. The Morgan fingerprint density at radius 2 is 1.96 bits per heavy atom. The van der Waals surface area contributed by atoms with Crippen LogP contribution >= 0.6 is 0 Å². The predicted molar refractivity (Wildman–Crippen MR) is 104 cm³/mol. The summed E-state index contributed by atoms with van der Waals surface area (Å²) in [4.78, 5) is 18.7. The summed E-state index contributed by atoms with van der Waals surface area (Å²) in [6.45, 7) is 5.57. The lowest BCUT2D eigenvalue weighted by molar-refractivity contribution is -0.117. The summed E-state index contributed by atoms with van der Waals surface area (Å²) in [7, 11) is 2.15. The fraction of sp³-hybridized carbons (Fsp3) is 0.550. The van der Waals surface area contributed by atoms with Gasteiger partial charge in [-0.25, -0.2) is 4.63 Å². The highest BCUT2D eigenvalue weighted by Crippen LogP contribution is 2.28. The molecule has 0 unspecified atom stereocenters. The van der Waals surface area contributed by atoms with E-state index in [-0.39, 0.29) is 5.91 Å². The number of carbonyl (C=O) groups excluding carboxylic acids is 1. The zero-order valence-corrected chi connectivity index (χ0v) is 16.1. The van der Waals surface area contributed by atoms with E-state index >= 15 is 0 Å². The van der Waals surface area contributed by atoms with Crippen molar-refractivity contribution in [2.45, 2.75) is 45.2 Å². The van der Waals surface area contributed by atoms with Gasteiger partial charge in [-0.3, -0.25) is 9.69 Å². The molecule has 27 heavy (non-hydrogen) atoms. The Morgan fingerprint density at radius 3 is 2.63 bits per heavy atom. The van der Waals surface area contributed by atoms with Crippen molar-refractivity contribution in [3.63, 3.8) is 0 Å². The molecule has 7 nitrogen and oxygen atoms in total. The molecule has 0 radical (unpaired) electrons. The number of hydrogen-bond acceptors (Lipinski definition) is 6. The number of anilines is 2. The van der Waals surface area contributed by atoms with E-state index in [0.717, 1.165) is 62.5 Å². The molecule has 3 heterocycles. The highest BCUT2D eigenvalue weighted by atomic mass is 16.6. The fourth-order valence-corrected chi connectivity index (χ4v) is 4.10. The second-order valence-electron chi connectivity index (χ2n) is 7.60. The Hall–Kier alpha value is -2.41. The van der Waals surface area contributed by atoms with Crippen molar-refractivity contribution in [2.24, 2.45) is 0 Å². The van der Waals surface area contributed by atoms with E-state index in [1.807, 2.05) is 17.9 Å². The molecular formula is C20H27N5O2. The average Bonchev–Trinajstić information content (AvgIpc) is 3.30. The molecular weight excluding hydrogens is 342 g/mol.